The molecular weight excluding hydrogens is 497 g/mol. The van der Waals surface area contributed by atoms with E-state index in [4.69, 9.17) is 39.9 Å². The van der Waals surface area contributed by atoms with Crippen LogP contribution in [0.1, 0.15) is 0 Å². The first-order valence-corrected chi connectivity index (χ1v) is 12.8. The van der Waals surface area contributed by atoms with Crippen LogP contribution >= 0.6 is 46.6 Å². The van der Waals surface area contributed by atoms with Gasteiger partial charge >= 0.3 is 28.7 Å². The molecule has 0 aromatic heterocycles. The van der Waals surface area contributed by atoms with Gasteiger partial charge in [0.25, 0.3) is 9.05 Å². The lowest BCUT2D eigenvalue weighted by atomic mass is 15.8. The van der Waals surface area contributed by atoms with Gasteiger partial charge in [-0.1, -0.05) is 0 Å². The monoisotopic (exact) mass is 506 g/mol. The zero-order valence-electron chi connectivity index (χ0n) is 9.40. The van der Waals surface area contributed by atoms with Gasteiger partial charge in [0.2, 0.25) is 0 Å². The standard InChI is InChI=1S/H2O6S4.H2O4S.H2O3S2.2H2S/c1-9(2,3)7-8-10(4,5)6;2*1-5(2,3)4;;/h(H,1,2,3)(H,4,5,6);2*(H2,1,2,3,4);2*1H2. The van der Waals surface area contributed by atoms with Crippen LogP contribution in [0.5, 0.6) is 0 Å². The molecule has 0 fully saturated rings. The highest BCUT2D eigenvalue weighted by molar-refractivity contribution is 9.21. The minimum Gasteiger partial charge on any atom is -0.285 e. The van der Waals surface area contributed by atoms with E-state index in [1.54, 1.807) is 0 Å². The Morgan fingerprint density at radius 2 is 0.682 bits per heavy atom. The summed E-state index contributed by atoms with van der Waals surface area (Å²) in [7, 11) is -18.0. The van der Waals surface area contributed by atoms with Crippen LogP contribution < -0.4 is 0 Å². The Kier molecular flexibility index (Phi) is 21.5. The molecule has 0 saturated heterocycles. The maximum atomic E-state index is 9.80. The molecule has 0 amide bonds. The topological polar surface area (TPSA) is 241 Å². The van der Waals surface area contributed by atoms with Crippen LogP contribution in [-0.2, 0) is 48.9 Å². The van der Waals surface area contributed by atoms with Crippen molar-refractivity contribution in [1.29, 1.82) is 0 Å². The van der Waals surface area contributed by atoms with Crippen LogP contribution in [0.4, 0.5) is 0 Å². The maximum absolute atomic E-state index is 9.80. The van der Waals surface area contributed by atoms with Crippen molar-refractivity contribution in [3.05, 3.63) is 0 Å². The molecule has 0 rings (SSSR count). The summed E-state index contributed by atoms with van der Waals surface area (Å²) in [4.78, 5) is 0. The van der Waals surface area contributed by atoms with Crippen LogP contribution in [0.25, 0.3) is 0 Å². The molecule has 0 saturated carbocycles. The Hall–Kier alpha value is 1.38. The third kappa shape index (κ3) is 126. The molecule has 0 aliphatic heterocycles. The molecule has 13 nitrogen and oxygen atoms in total. The lowest BCUT2D eigenvalue weighted by molar-refractivity contribution is 0.380. The minimum absolute atomic E-state index is 0. The van der Waals surface area contributed by atoms with E-state index >= 15 is 0 Å². The predicted octanol–water partition coefficient (Wildman–Crippen LogP) is -0.775. The molecular formula is H10O13S9. The van der Waals surface area contributed by atoms with E-state index in [1.807, 2.05) is 0 Å². The van der Waals surface area contributed by atoms with E-state index in [-0.39, 0.29) is 46.6 Å². The second kappa shape index (κ2) is 13.6. The van der Waals surface area contributed by atoms with Crippen molar-refractivity contribution in [2.45, 2.75) is 0 Å². The van der Waals surface area contributed by atoms with Gasteiger partial charge in [-0.2, -0.15) is 56.5 Å². The summed E-state index contributed by atoms with van der Waals surface area (Å²) >= 11 is 3.47. The first kappa shape index (κ1) is 34.7. The lowest BCUT2D eigenvalue weighted by Gasteiger charge is -1.89. The van der Waals surface area contributed by atoms with E-state index in [2.05, 4.69) is 11.2 Å². The van der Waals surface area contributed by atoms with Crippen LogP contribution in [0.3, 0.4) is 0 Å². The van der Waals surface area contributed by atoms with Gasteiger partial charge in [-0.05, 0) is 0 Å². The minimum atomic E-state index is -4.67. The summed E-state index contributed by atoms with van der Waals surface area (Å²) in [5.41, 5.74) is 0. The van der Waals surface area contributed by atoms with Crippen LogP contribution in [0, 0.1) is 0 Å². The summed E-state index contributed by atoms with van der Waals surface area (Å²) in [6.45, 7) is 0. The van der Waals surface area contributed by atoms with Crippen molar-refractivity contribution in [3.63, 3.8) is 0 Å². The normalized spacial score (nSPS) is 11.4. The van der Waals surface area contributed by atoms with Gasteiger partial charge in [0.1, 0.15) is 0 Å². The van der Waals surface area contributed by atoms with Crippen molar-refractivity contribution in [2.75, 3.05) is 0 Å². The van der Waals surface area contributed by atoms with Crippen molar-refractivity contribution >= 4 is 95.6 Å². The Morgan fingerprint density at radius 3 is 0.727 bits per heavy atom. The Balaban J connectivity index is -0.0000000692. The Morgan fingerprint density at radius 1 is 0.591 bits per heavy atom. The zero-order chi connectivity index (χ0) is 17.4. The largest absolute Gasteiger partial charge is 0.394 e. The van der Waals surface area contributed by atoms with Gasteiger partial charge in [-0.15, -0.1) is 0 Å². The summed E-state index contributed by atoms with van der Waals surface area (Å²) in [6.07, 6.45) is 0. The fourth-order valence-electron chi connectivity index (χ4n) is 0.0702. The molecule has 22 heteroatoms. The third-order valence-electron chi connectivity index (χ3n) is 0.200. The summed E-state index contributed by atoms with van der Waals surface area (Å²) in [5.74, 6) is 0. The van der Waals surface area contributed by atoms with E-state index in [0.717, 1.165) is 0 Å². The van der Waals surface area contributed by atoms with Crippen LogP contribution in [0.15, 0.2) is 0 Å². The predicted molar refractivity (Wildman–Crippen MR) is 94.0 cm³/mol. The number of hydrogen-bond acceptors (Lipinski definition) is 10. The quantitative estimate of drug-likeness (QED) is 0.203. The van der Waals surface area contributed by atoms with Crippen molar-refractivity contribution < 1.29 is 56.8 Å². The molecule has 0 bridgehead atoms. The SMILES string of the molecule is O=S(=O)(O)O.O=S(=O)(O)SSS(=O)(=O)O.O=S(O)(O)=S.S.S. The molecule has 0 spiro atoms. The molecule has 0 aliphatic carbocycles. The molecule has 0 heterocycles. The smallest absolute Gasteiger partial charge is 0.285 e. The number of rotatable bonds is 3. The van der Waals surface area contributed by atoms with Gasteiger partial charge < -0.3 is 0 Å². The van der Waals surface area contributed by atoms with E-state index in [1.165, 1.54) is 0 Å². The highest BCUT2D eigenvalue weighted by Crippen LogP contribution is 2.30. The van der Waals surface area contributed by atoms with E-state index in [9.17, 15) is 16.8 Å². The fraction of sp³-hybridized carbons (Fsp3) is 0. The fourth-order valence-corrected chi connectivity index (χ4v) is 5.69. The van der Waals surface area contributed by atoms with Crippen LogP contribution in [-0.4, -0.2) is 56.8 Å². The average Bonchev–Trinajstić information content (AvgIpc) is 1.90. The molecule has 0 aromatic rings. The molecule has 22 heavy (non-hydrogen) atoms. The lowest BCUT2D eigenvalue weighted by Crippen LogP contribution is -1.90. The molecule has 6 N–H and O–H groups in total. The number of hydrogen-bond donors (Lipinski definition) is 6. The summed E-state index contributed by atoms with van der Waals surface area (Å²) in [5, 5.41) is 0. The van der Waals surface area contributed by atoms with Crippen molar-refractivity contribution in [1.82, 2.24) is 0 Å². The third-order valence-corrected chi connectivity index (χ3v) is 6.89. The van der Waals surface area contributed by atoms with Gasteiger partial charge in [0, 0.05) is 11.2 Å². The van der Waals surface area contributed by atoms with Gasteiger partial charge in [0.05, 0.1) is 19.7 Å². The molecule has 0 unspecified atom stereocenters. The molecule has 142 valence electrons. The van der Waals surface area contributed by atoms with Crippen LogP contribution in [0.2, 0.25) is 0 Å². The van der Waals surface area contributed by atoms with Gasteiger partial charge in [-0.3, -0.25) is 27.3 Å². The van der Waals surface area contributed by atoms with Crippen molar-refractivity contribution in [2.24, 2.45) is 0 Å². The van der Waals surface area contributed by atoms with Gasteiger partial charge in [0.15, 0.2) is 0 Å². The summed E-state index contributed by atoms with van der Waals surface area (Å²) < 4.78 is 111. The maximum Gasteiger partial charge on any atom is 0.394 e. The highest BCUT2D eigenvalue weighted by Gasteiger charge is 2.14. The van der Waals surface area contributed by atoms with Crippen molar-refractivity contribution in [3.8, 4) is 0 Å². The Bertz CT molecular complexity index is 578. The van der Waals surface area contributed by atoms with E-state index < -0.39 is 37.8 Å². The average molecular weight is 507 g/mol. The summed E-state index contributed by atoms with van der Waals surface area (Å²) in [6, 6.07) is 0. The first-order valence-electron chi connectivity index (χ1n) is 2.93. The zero-order valence-corrected chi connectivity index (χ0v) is 17.1. The highest BCUT2D eigenvalue weighted by atomic mass is 33.7. The molecule has 0 aliphatic rings. The second-order valence-electron chi connectivity index (χ2n) is 1.89. The second-order valence-corrected chi connectivity index (χ2v) is 12.8. The Labute approximate surface area is 151 Å². The molecule has 0 atom stereocenters. The van der Waals surface area contributed by atoms with Gasteiger partial charge in [-0.25, -0.2) is 0 Å². The molecule has 0 aromatic carbocycles. The first-order chi connectivity index (χ1) is 8.21. The van der Waals surface area contributed by atoms with E-state index in [0.29, 0.717) is 0 Å². The molecule has 0 radical (unpaired) electrons.